The molecule has 3 rings (SSSR count). The normalized spacial score (nSPS) is 16.0. The van der Waals surface area contributed by atoms with E-state index in [1.165, 1.54) is 6.07 Å². The number of benzene rings is 2. The van der Waals surface area contributed by atoms with Crippen molar-refractivity contribution in [2.24, 2.45) is 0 Å². The molecule has 1 aliphatic rings. The van der Waals surface area contributed by atoms with Gasteiger partial charge in [0.05, 0.1) is 0 Å². The summed E-state index contributed by atoms with van der Waals surface area (Å²) in [5.74, 6) is -0.182. The number of carbonyl (C=O) groups excluding carboxylic acids is 1. The van der Waals surface area contributed by atoms with E-state index in [0.29, 0.717) is 17.7 Å². The molecule has 176 valence electrons. The van der Waals surface area contributed by atoms with Gasteiger partial charge in [0.2, 0.25) is 0 Å². The molecule has 0 saturated carbocycles. The number of rotatable bonds is 9. The molecular formula is C26H36ClFN2O2. The van der Waals surface area contributed by atoms with Crippen molar-refractivity contribution in [3.63, 3.8) is 0 Å². The Morgan fingerprint density at radius 3 is 2.62 bits per heavy atom. The Kier molecular flexibility index (Phi) is 10.6. The molecule has 0 unspecified atom stereocenters. The van der Waals surface area contributed by atoms with Crippen molar-refractivity contribution in [1.29, 1.82) is 0 Å². The number of unbranched alkanes of at least 4 members (excludes halogenated alkanes) is 1. The highest BCUT2D eigenvalue weighted by Crippen LogP contribution is 2.29. The minimum Gasteiger partial charge on any atom is -0.385 e. The molecule has 1 amide bonds. The predicted molar refractivity (Wildman–Crippen MR) is 131 cm³/mol. The summed E-state index contributed by atoms with van der Waals surface area (Å²) < 4.78 is 19.7. The van der Waals surface area contributed by atoms with Crippen LogP contribution < -0.4 is 5.32 Å². The lowest BCUT2D eigenvalue weighted by atomic mass is 9.93. The minimum atomic E-state index is -0.239. The summed E-state index contributed by atoms with van der Waals surface area (Å²) in [5.41, 5.74) is 3.14. The van der Waals surface area contributed by atoms with Gasteiger partial charge in [-0.05, 0) is 81.8 Å². The first-order valence-corrected chi connectivity index (χ1v) is 11.4. The van der Waals surface area contributed by atoms with Crippen LogP contribution in [0.5, 0.6) is 0 Å². The van der Waals surface area contributed by atoms with Gasteiger partial charge in [0.1, 0.15) is 5.82 Å². The van der Waals surface area contributed by atoms with Gasteiger partial charge in [0.15, 0.2) is 0 Å². The molecule has 1 aliphatic heterocycles. The van der Waals surface area contributed by atoms with E-state index in [9.17, 15) is 9.18 Å². The second kappa shape index (κ2) is 12.9. The molecule has 0 radical (unpaired) electrons. The first kappa shape index (κ1) is 26.3. The van der Waals surface area contributed by atoms with Gasteiger partial charge in [-0.25, -0.2) is 4.39 Å². The van der Waals surface area contributed by atoms with Crippen molar-refractivity contribution in [1.82, 2.24) is 10.2 Å². The van der Waals surface area contributed by atoms with Gasteiger partial charge in [0, 0.05) is 43.5 Å². The van der Waals surface area contributed by atoms with Gasteiger partial charge in [-0.2, -0.15) is 0 Å². The van der Waals surface area contributed by atoms with E-state index in [-0.39, 0.29) is 36.2 Å². The molecule has 1 atom stereocenters. The first-order chi connectivity index (χ1) is 15.0. The number of halogens is 2. The summed E-state index contributed by atoms with van der Waals surface area (Å²) in [6.07, 6.45) is 4.73. The Labute approximate surface area is 197 Å². The largest absolute Gasteiger partial charge is 0.385 e. The zero-order valence-electron chi connectivity index (χ0n) is 19.4. The number of piperidine rings is 1. The summed E-state index contributed by atoms with van der Waals surface area (Å²) in [6, 6.07) is 12.9. The van der Waals surface area contributed by atoms with Crippen molar-refractivity contribution in [2.45, 2.75) is 58.0 Å². The molecule has 2 aromatic rings. The van der Waals surface area contributed by atoms with Crippen LogP contribution in [0.4, 0.5) is 4.39 Å². The maximum Gasteiger partial charge on any atom is 0.254 e. The summed E-state index contributed by atoms with van der Waals surface area (Å²) >= 11 is 0. The summed E-state index contributed by atoms with van der Waals surface area (Å²) in [4.78, 5) is 15.5. The quantitative estimate of drug-likeness (QED) is 0.501. The second-order valence-corrected chi connectivity index (χ2v) is 8.61. The fourth-order valence-corrected chi connectivity index (χ4v) is 4.48. The van der Waals surface area contributed by atoms with Gasteiger partial charge in [-0.1, -0.05) is 24.3 Å². The third-order valence-electron chi connectivity index (χ3n) is 6.02. The first-order valence-electron chi connectivity index (χ1n) is 11.4. The Morgan fingerprint density at radius 1 is 1.19 bits per heavy atom. The van der Waals surface area contributed by atoms with E-state index >= 15 is 0 Å². The molecule has 1 saturated heterocycles. The summed E-state index contributed by atoms with van der Waals surface area (Å²) in [7, 11) is 1.70. The average Bonchev–Trinajstić information content (AvgIpc) is 2.78. The van der Waals surface area contributed by atoms with Crippen LogP contribution in [0.3, 0.4) is 0 Å². The molecule has 0 aromatic heterocycles. The molecule has 1 fully saturated rings. The Hall–Kier alpha value is -1.95. The predicted octanol–water partition coefficient (Wildman–Crippen LogP) is 5.49. The zero-order chi connectivity index (χ0) is 22.2. The molecule has 6 heteroatoms. The van der Waals surface area contributed by atoms with E-state index < -0.39 is 0 Å². The monoisotopic (exact) mass is 462 g/mol. The molecule has 4 nitrogen and oxygen atoms in total. The van der Waals surface area contributed by atoms with Crippen molar-refractivity contribution >= 4 is 18.3 Å². The number of nitrogens with one attached hydrogen (secondary N) is 1. The standard InChI is InChI=1S/C26H35FN2O2.ClH/c1-19(2)29(22-10-8-15-28-18-22)26(30)21-13-14-23(24-11-4-5-12-25(24)27)20(17-21)9-6-7-16-31-3;/h4-5,11-14,17,19,22,28H,6-10,15-16,18H2,1-3H3;1H/t22-;/m1./s1. The Balaban J connectivity index is 0.00000363. The fourth-order valence-electron chi connectivity index (χ4n) is 4.48. The molecule has 1 heterocycles. The minimum absolute atomic E-state index is 0. The highest BCUT2D eigenvalue weighted by atomic mass is 35.5. The fraction of sp³-hybridized carbons (Fsp3) is 0.500. The van der Waals surface area contributed by atoms with E-state index in [2.05, 4.69) is 19.2 Å². The van der Waals surface area contributed by atoms with Crippen LogP contribution in [0.2, 0.25) is 0 Å². The van der Waals surface area contributed by atoms with Crippen LogP contribution >= 0.6 is 12.4 Å². The topological polar surface area (TPSA) is 41.6 Å². The van der Waals surface area contributed by atoms with Crippen LogP contribution in [-0.2, 0) is 11.2 Å². The lowest BCUT2D eigenvalue weighted by Crippen LogP contribution is -2.51. The number of aryl methyl sites for hydroxylation is 1. The van der Waals surface area contributed by atoms with Crippen LogP contribution in [-0.4, -0.2) is 49.7 Å². The van der Waals surface area contributed by atoms with Gasteiger partial charge >= 0.3 is 0 Å². The van der Waals surface area contributed by atoms with E-state index in [1.807, 2.05) is 29.2 Å². The van der Waals surface area contributed by atoms with Gasteiger partial charge in [-0.3, -0.25) is 4.79 Å². The lowest BCUT2D eigenvalue weighted by molar-refractivity contribution is 0.0573. The third kappa shape index (κ3) is 6.53. The highest BCUT2D eigenvalue weighted by Gasteiger charge is 2.28. The molecule has 1 N–H and O–H groups in total. The number of carbonyl (C=O) groups is 1. The number of methoxy groups -OCH3 is 1. The van der Waals surface area contributed by atoms with Crippen LogP contribution in [0, 0.1) is 5.82 Å². The molecule has 0 spiro atoms. The number of hydrogen-bond acceptors (Lipinski definition) is 3. The molecule has 0 aliphatic carbocycles. The Bertz CT molecular complexity index is 869. The number of amides is 1. The molecule has 32 heavy (non-hydrogen) atoms. The molecule has 0 bridgehead atoms. The lowest BCUT2D eigenvalue weighted by Gasteiger charge is -2.37. The van der Waals surface area contributed by atoms with Crippen LogP contribution in [0.25, 0.3) is 11.1 Å². The third-order valence-corrected chi connectivity index (χ3v) is 6.02. The Morgan fingerprint density at radius 2 is 1.97 bits per heavy atom. The molecular weight excluding hydrogens is 427 g/mol. The van der Waals surface area contributed by atoms with Gasteiger partial charge in [0.25, 0.3) is 5.91 Å². The highest BCUT2D eigenvalue weighted by molar-refractivity contribution is 5.95. The van der Waals surface area contributed by atoms with Crippen LogP contribution in [0.1, 0.15) is 55.5 Å². The maximum atomic E-state index is 14.5. The van der Waals surface area contributed by atoms with Crippen molar-refractivity contribution in [3.8, 4) is 11.1 Å². The smallest absolute Gasteiger partial charge is 0.254 e. The summed E-state index contributed by atoms with van der Waals surface area (Å²) in [6.45, 7) is 6.70. The van der Waals surface area contributed by atoms with Crippen LogP contribution in [0.15, 0.2) is 42.5 Å². The van der Waals surface area contributed by atoms with Gasteiger partial charge in [-0.15, -0.1) is 12.4 Å². The van der Waals surface area contributed by atoms with Crippen molar-refractivity contribution in [2.75, 3.05) is 26.8 Å². The van der Waals surface area contributed by atoms with E-state index in [1.54, 1.807) is 19.2 Å². The van der Waals surface area contributed by atoms with E-state index in [4.69, 9.17) is 4.74 Å². The second-order valence-electron chi connectivity index (χ2n) is 8.61. The average molecular weight is 463 g/mol. The number of nitrogens with zero attached hydrogens (tertiary/aromatic N) is 1. The van der Waals surface area contributed by atoms with Crippen molar-refractivity contribution in [3.05, 3.63) is 59.4 Å². The van der Waals surface area contributed by atoms with E-state index in [0.717, 1.165) is 56.3 Å². The van der Waals surface area contributed by atoms with Gasteiger partial charge < -0.3 is 15.0 Å². The molecule has 2 aromatic carbocycles. The zero-order valence-corrected chi connectivity index (χ0v) is 20.2. The number of ether oxygens (including phenoxy) is 1. The SMILES string of the molecule is COCCCCc1cc(C(=O)N(C(C)C)[C@@H]2CCCNC2)ccc1-c1ccccc1F.Cl. The maximum absolute atomic E-state index is 14.5. The van der Waals surface area contributed by atoms with Crippen molar-refractivity contribution < 1.29 is 13.9 Å². The number of hydrogen-bond donors (Lipinski definition) is 1. The summed E-state index contributed by atoms with van der Waals surface area (Å²) in [5, 5.41) is 3.42.